The van der Waals surface area contributed by atoms with Gasteiger partial charge in [-0.15, -0.1) is 22.7 Å². The van der Waals surface area contributed by atoms with Gasteiger partial charge in [-0.3, -0.25) is 0 Å². The molecule has 0 bridgehead atoms. The lowest BCUT2D eigenvalue weighted by atomic mass is 9.99. The molecule has 5 heteroatoms. The summed E-state index contributed by atoms with van der Waals surface area (Å²) in [6.45, 7) is 5.76. The number of fused-ring (bicyclic) bond motifs is 14. The molecule has 1 atom stereocenters. The van der Waals surface area contributed by atoms with E-state index in [-0.39, 0.29) is 0 Å². The molecule has 5 heterocycles. The predicted octanol–water partition coefficient (Wildman–Crippen LogP) is 11.7. The van der Waals surface area contributed by atoms with Gasteiger partial charge in [-0.25, -0.2) is 0 Å². The van der Waals surface area contributed by atoms with Gasteiger partial charge in [0.25, 0.3) is 0 Å². The lowest BCUT2D eigenvalue weighted by Gasteiger charge is -2.17. The van der Waals surface area contributed by atoms with E-state index in [1.807, 2.05) is 22.7 Å². The first-order chi connectivity index (χ1) is 20.2. The summed E-state index contributed by atoms with van der Waals surface area (Å²) in [5.41, 5.74) is 7.81. The van der Waals surface area contributed by atoms with E-state index < -0.39 is 0 Å². The zero-order valence-corrected chi connectivity index (χ0v) is 24.9. The normalized spacial score (nSPS) is 13.5. The summed E-state index contributed by atoms with van der Waals surface area (Å²) < 4.78 is 8.38. The van der Waals surface area contributed by atoms with Crippen LogP contribution in [-0.4, -0.2) is 14.5 Å². The average molecular weight is 570 g/mol. The highest BCUT2D eigenvalue weighted by Crippen LogP contribution is 2.50. The second-order valence-electron chi connectivity index (χ2n) is 11.7. The second-order valence-corrected chi connectivity index (χ2v) is 13.8. The van der Waals surface area contributed by atoms with Crippen molar-refractivity contribution in [1.82, 2.24) is 14.5 Å². The Balaban J connectivity index is 1.39. The molecule has 9 aromatic rings. The molecule has 0 saturated carbocycles. The van der Waals surface area contributed by atoms with E-state index in [0.717, 1.165) is 6.54 Å². The fourth-order valence-corrected chi connectivity index (χ4v) is 9.87. The first-order valence-electron chi connectivity index (χ1n) is 14.9. The fraction of sp³-hybridized carbons (Fsp3) is 0.222. The van der Waals surface area contributed by atoms with E-state index in [2.05, 4.69) is 101 Å². The third-order valence-electron chi connectivity index (χ3n) is 9.33. The molecule has 0 radical (unpaired) electrons. The molecule has 4 aromatic carbocycles. The Morgan fingerprint density at radius 1 is 0.659 bits per heavy atom. The predicted molar refractivity (Wildman–Crippen MR) is 182 cm³/mol. The van der Waals surface area contributed by atoms with Gasteiger partial charge in [0.2, 0.25) is 0 Å². The van der Waals surface area contributed by atoms with Gasteiger partial charge < -0.3 is 14.5 Å². The van der Waals surface area contributed by atoms with Crippen molar-refractivity contribution >= 4 is 107 Å². The fourth-order valence-electron chi connectivity index (χ4n) is 7.20. The van der Waals surface area contributed by atoms with Crippen LogP contribution in [0, 0.1) is 5.92 Å². The number of thiophene rings is 2. The van der Waals surface area contributed by atoms with Gasteiger partial charge in [0, 0.05) is 60.1 Å². The Kier molecular flexibility index (Phi) is 5.15. The van der Waals surface area contributed by atoms with Crippen LogP contribution in [0.4, 0.5) is 0 Å². The standard InChI is InChI=1S/C36H31N3S2/c1-3-5-10-20(4-2)19-39-32-24-16-15-23-21-11-6-9-14-28(21)38-31(23)34(24)41-36(32)35-33(39)26-17-29-25(18-30(26)40-35)22-12-7-8-13-27(22)37-29/h6-9,11-18,20,37-38H,3-5,10,19H2,1-2H3. The SMILES string of the molecule is CCCCC(CC)Cn1c2c3cc4[nH]c5ccccc5c4cc3sc2c2sc3c(ccc4c5ccccc5[nH]c43)c21. The largest absolute Gasteiger partial charge is 0.354 e. The molecule has 0 aliphatic carbocycles. The minimum absolute atomic E-state index is 0.673. The number of aromatic amines is 2. The van der Waals surface area contributed by atoms with Crippen LogP contribution in [0.15, 0.2) is 72.8 Å². The van der Waals surface area contributed by atoms with E-state index >= 15 is 0 Å². The first kappa shape index (κ1) is 23.9. The molecule has 2 N–H and O–H groups in total. The third-order valence-corrected chi connectivity index (χ3v) is 11.8. The van der Waals surface area contributed by atoms with E-state index in [4.69, 9.17) is 0 Å². The zero-order chi connectivity index (χ0) is 27.2. The highest BCUT2D eigenvalue weighted by atomic mass is 32.1. The third kappa shape index (κ3) is 3.30. The van der Waals surface area contributed by atoms with Crippen molar-refractivity contribution in [2.45, 2.75) is 46.1 Å². The van der Waals surface area contributed by atoms with Crippen molar-refractivity contribution in [3.8, 4) is 0 Å². The second kappa shape index (κ2) is 8.85. The number of H-pyrrole nitrogens is 2. The summed E-state index contributed by atoms with van der Waals surface area (Å²) in [5, 5.41) is 8.04. The van der Waals surface area contributed by atoms with E-state index in [1.54, 1.807) is 0 Å². The zero-order valence-electron chi connectivity index (χ0n) is 23.3. The molecule has 202 valence electrons. The number of para-hydroxylation sites is 2. The van der Waals surface area contributed by atoms with Crippen LogP contribution in [0.2, 0.25) is 0 Å². The average Bonchev–Trinajstić information content (AvgIpc) is 3.79. The maximum absolute atomic E-state index is 3.78. The van der Waals surface area contributed by atoms with Crippen molar-refractivity contribution in [2.75, 3.05) is 0 Å². The van der Waals surface area contributed by atoms with Crippen LogP contribution in [0.5, 0.6) is 0 Å². The molecule has 1 unspecified atom stereocenters. The summed E-state index contributed by atoms with van der Waals surface area (Å²) in [4.78, 5) is 7.49. The molecule has 5 aromatic heterocycles. The molecule has 0 aliphatic rings. The van der Waals surface area contributed by atoms with Crippen molar-refractivity contribution < 1.29 is 0 Å². The van der Waals surface area contributed by atoms with Crippen molar-refractivity contribution in [3.05, 3.63) is 72.8 Å². The number of unbranched alkanes of at least 4 members (excludes halogenated alkanes) is 1. The van der Waals surface area contributed by atoms with Crippen molar-refractivity contribution in [1.29, 1.82) is 0 Å². The Morgan fingerprint density at radius 2 is 1.37 bits per heavy atom. The lowest BCUT2D eigenvalue weighted by molar-refractivity contribution is 0.401. The molecule has 3 nitrogen and oxygen atoms in total. The number of nitrogens with zero attached hydrogens (tertiary/aromatic N) is 1. The molecule has 0 fully saturated rings. The summed E-state index contributed by atoms with van der Waals surface area (Å²) >= 11 is 3.97. The van der Waals surface area contributed by atoms with Gasteiger partial charge in [-0.1, -0.05) is 81.6 Å². The van der Waals surface area contributed by atoms with Gasteiger partial charge in [0.05, 0.1) is 30.6 Å². The van der Waals surface area contributed by atoms with Crippen molar-refractivity contribution in [2.24, 2.45) is 5.92 Å². The van der Waals surface area contributed by atoms with Crippen LogP contribution in [0.25, 0.3) is 84.2 Å². The molecule has 0 saturated heterocycles. The Hall–Kier alpha value is -3.80. The topological polar surface area (TPSA) is 36.5 Å². The van der Waals surface area contributed by atoms with Crippen LogP contribution in [0.3, 0.4) is 0 Å². The smallest absolute Gasteiger partial charge is 0.0714 e. The number of benzene rings is 4. The van der Waals surface area contributed by atoms with Gasteiger partial charge in [0.1, 0.15) is 0 Å². The van der Waals surface area contributed by atoms with Crippen LogP contribution >= 0.6 is 22.7 Å². The quantitative estimate of drug-likeness (QED) is 0.200. The Labute approximate surface area is 245 Å². The molecular formula is C36H31N3S2. The number of nitrogens with one attached hydrogen (secondary N) is 2. The Morgan fingerprint density at radius 3 is 2.17 bits per heavy atom. The van der Waals surface area contributed by atoms with Crippen LogP contribution in [-0.2, 0) is 6.54 Å². The number of hydrogen-bond donors (Lipinski definition) is 2. The number of rotatable bonds is 6. The molecule has 0 spiro atoms. The van der Waals surface area contributed by atoms with E-state index in [9.17, 15) is 0 Å². The van der Waals surface area contributed by atoms with Gasteiger partial charge in [-0.2, -0.15) is 0 Å². The highest BCUT2D eigenvalue weighted by Gasteiger charge is 2.24. The van der Waals surface area contributed by atoms with E-state index in [0.29, 0.717) is 5.92 Å². The maximum atomic E-state index is 3.78. The summed E-state index contributed by atoms with van der Waals surface area (Å²) in [6.07, 6.45) is 5.05. The molecule has 9 rings (SSSR count). The molecular weight excluding hydrogens is 539 g/mol. The minimum Gasteiger partial charge on any atom is -0.354 e. The summed E-state index contributed by atoms with van der Waals surface area (Å²) in [7, 11) is 0. The number of aromatic nitrogens is 3. The monoisotopic (exact) mass is 569 g/mol. The summed E-state index contributed by atoms with van der Waals surface area (Å²) in [6, 6.07) is 27.0. The van der Waals surface area contributed by atoms with Crippen molar-refractivity contribution in [3.63, 3.8) is 0 Å². The summed E-state index contributed by atoms with van der Waals surface area (Å²) in [5.74, 6) is 0.673. The maximum Gasteiger partial charge on any atom is 0.0714 e. The molecule has 0 amide bonds. The molecule has 0 aliphatic heterocycles. The van der Waals surface area contributed by atoms with Gasteiger partial charge >= 0.3 is 0 Å². The van der Waals surface area contributed by atoms with Crippen LogP contribution < -0.4 is 0 Å². The van der Waals surface area contributed by atoms with Crippen LogP contribution in [0.1, 0.15) is 39.5 Å². The number of hydrogen-bond acceptors (Lipinski definition) is 2. The highest BCUT2D eigenvalue weighted by molar-refractivity contribution is 7.34. The first-order valence-corrected chi connectivity index (χ1v) is 16.6. The Bertz CT molecular complexity index is 2430. The molecule has 41 heavy (non-hydrogen) atoms. The minimum atomic E-state index is 0.673. The van der Waals surface area contributed by atoms with Gasteiger partial charge in [0.15, 0.2) is 0 Å². The lowest BCUT2D eigenvalue weighted by Crippen LogP contribution is -2.10. The van der Waals surface area contributed by atoms with E-state index in [1.165, 1.54) is 110 Å². The van der Waals surface area contributed by atoms with Gasteiger partial charge in [-0.05, 0) is 36.6 Å².